The van der Waals surface area contributed by atoms with E-state index in [-0.39, 0.29) is 0 Å². The molecule has 0 bridgehead atoms. The van der Waals surface area contributed by atoms with E-state index in [0.29, 0.717) is 27.4 Å². The molecule has 1 fully saturated rings. The molecule has 25 heavy (non-hydrogen) atoms. The second kappa shape index (κ2) is 11.4. The smallest absolute Gasteiger partial charge is 0.414 e. The Morgan fingerprint density at radius 2 is 1.60 bits per heavy atom. The number of halogens is 3. The lowest BCUT2D eigenvalue weighted by molar-refractivity contribution is -0.159. The Labute approximate surface area is 160 Å². The van der Waals surface area contributed by atoms with Crippen LogP contribution >= 0.6 is 34.8 Å². The quantitative estimate of drug-likeness (QED) is 0.504. The molecule has 7 nitrogen and oxygen atoms in total. The Morgan fingerprint density at radius 3 is 2.08 bits per heavy atom. The zero-order valence-corrected chi connectivity index (χ0v) is 15.6. The first kappa shape index (κ1) is 21.8. The van der Waals surface area contributed by atoms with E-state index in [0.717, 1.165) is 39.1 Å². The first-order valence-corrected chi connectivity index (χ1v) is 8.61. The van der Waals surface area contributed by atoms with E-state index in [2.05, 4.69) is 10.2 Å². The highest BCUT2D eigenvalue weighted by Crippen LogP contribution is 2.35. The van der Waals surface area contributed by atoms with Crippen molar-refractivity contribution in [1.29, 1.82) is 0 Å². The van der Waals surface area contributed by atoms with Gasteiger partial charge in [-0.2, -0.15) is 0 Å². The van der Waals surface area contributed by atoms with Crippen molar-refractivity contribution in [2.75, 3.05) is 39.3 Å². The average molecular weight is 414 g/mol. The molecule has 2 rings (SSSR count). The third-order valence-electron chi connectivity index (χ3n) is 3.22. The SMILES string of the molecule is Clc1cc(Cl)c(OCCCN2CCNCC2)c(Cl)c1.O=C(O)C(=O)O. The highest BCUT2D eigenvalue weighted by molar-refractivity contribution is 6.40. The normalized spacial score (nSPS) is 14.4. The fraction of sp³-hybridized carbons (Fsp3) is 0.467. The summed E-state index contributed by atoms with van der Waals surface area (Å²) in [4.78, 5) is 20.6. The molecule has 1 saturated heterocycles. The van der Waals surface area contributed by atoms with Gasteiger partial charge in [-0.1, -0.05) is 34.8 Å². The molecule has 0 radical (unpaired) electrons. The topological polar surface area (TPSA) is 99.1 Å². The minimum Gasteiger partial charge on any atom is -0.490 e. The van der Waals surface area contributed by atoms with Gasteiger partial charge in [0.2, 0.25) is 0 Å². The molecule has 1 aliphatic heterocycles. The molecular formula is C15H19Cl3N2O5. The molecule has 10 heteroatoms. The maximum Gasteiger partial charge on any atom is 0.414 e. The summed E-state index contributed by atoms with van der Waals surface area (Å²) >= 11 is 17.9. The lowest BCUT2D eigenvalue weighted by Gasteiger charge is -2.27. The number of ether oxygens (including phenoxy) is 1. The highest BCUT2D eigenvalue weighted by Gasteiger charge is 2.11. The summed E-state index contributed by atoms with van der Waals surface area (Å²) < 4.78 is 5.65. The molecule has 0 atom stereocenters. The number of carbonyl (C=O) groups is 2. The first-order chi connectivity index (χ1) is 11.8. The molecule has 1 aromatic carbocycles. The summed E-state index contributed by atoms with van der Waals surface area (Å²) in [6.45, 7) is 5.96. The summed E-state index contributed by atoms with van der Waals surface area (Å²) in [5, 5.41) is 19.5. The van der Waals surface area contributed by atoms with Crippen LogP contribution in [0.1, 0.15) is 6.42 Å². The molecule has 0 saturated carbocycles. The minimum atomic E-state index is -1.82. The number of piperazine rings is 1. The lowest BCUT2D eigenvalue weighted by Crippen LogP contribution is -2.43. The maximum atomic E-state index is 9.10. The molecule has 1 aliphatic rings. The summed E-state index contributed by atoms with van der Waals surface area (Å²) in [6.07, 6.45) is 0.954. The molecule has 0 unspecified atom stereocenters. The number of benzene rings is 1. The summed E-state index contributed by atoms with van der Waals surface area (Å²) in [5.74, 6) is -3.13. The van der Waals surface area contributed by atoms with E-state index >= 15 is 0 Å². The predicted octanol–water partition coefficient (Wildman–Crippen LogP) is 2.48. The number of nitrogens with zero attached hydrogens (tertiary/aromatic N) is 1. The minimum absolute atomic E-state index is 0.458. The average Bonchev–Trinajstić information content (AvgIpc) is 2.54. The van der Waals surface area contributed by atoms with Crippen molar-refractivity contribution in [3.05, 3.63) is 27.2 Å². The van der Waals surface area contributed by atoms with E-state index in [1.807, 2.05) is 0 Å². The molecule has 0 amide bonds. The number of rotatable bonds is 5. The van der Waals surface area contributed by atoms with Gasteiger partial charge in [0, 0.05) is 37.7 Å². The molecule has 0 aliphatic carbocycles. The molecule has 0 aromatic heterocycles. The fourth-order valence-corrected chi connectivity index (χ4v) is 2.99. The zero-order valence-electron chi connectivity index (χ0n) is 13.3. The highest BCUT2D eigenvalue weighted by atomic mass is 35.5. The van der Waals surface area contributed by atoms with Crippen molar-refractivity contribution in [1.82, 2.24) is 10.2 Å². The summed E-state index contributed by atoms with van der Waals surface area (Å²) in [6, 6.07) is 3.28. The van der Waals surface area contributed by atoms with Gasteiger partial charge in [-0.25, -0.2) is 9.59 Å². The third-order valence-corrected chi connectivity index (χ3v) is 4.00. The predicted molar refractivity (Wildman–Crippen MR) is 96.2 cm³/mol. The van der Waals surface area contributed by atoms with Crippen LogP contribution in [0.25, 0.3) is 0 Å². The van der Waals surface area contributed by atoms with Crippen LogP contribution < -0.4 is 10.1 Å². The van der Waals surface area contributed by atoms with Gasteiger partial charge in [0.25, 0.3) is 0 Å². The monoisotopic (exact) mass is 412 g/mol. The molecule has 0 spiro atoms. The van der Waals surface area contributed by atoms with Crippen molar-refractivity contribution >= 4 is 46.7 Å². The van der Waals surface area contributed by atoms with Crippen LogP contribution in [0.15, 0.2) is 12.1 Å². The van der Waals surface area contributed by atoms with E-state index in [4.69, 9.17) is 59.3 Å². The van der Waals surface area contributed by atoms with Crippen LogP contribution in [0, 0.1) is 0 Å². The van der Waals surface area contributed by atoms with Gasteiger partial charge in [-0.05, 0) is 18.6 Å². The van der Waals surface area contributed by atoms with Crippen LogP contribution in [0.2, 0.25) is 15.1 Å². The molecule has 1 aromatic rings. The Morgan fingerprint density at radius 1 is 1.08 bits per heavy atom. The number of carboxylic acid groups (broad SMARTS) is 2. The van der Waals surface area contributed by atoms with E-state index in [1.54, 1.807) is 12.1 Å². The Hall–Kier alpha value is -1.25. The van der Waals surface area contributed by atoms with E-state index < -0.39 is 11.9 Å². The van der Waals surface area contributed by atoms with Gasteiger partial charge in [-0.3, -0.25) is 0 Å². The Bertz CT molecular complexity index is 560. The standard InChI is InChI=1S/C13H17Cl3N2O.C2H2O4/c14-10-8-11(15)13(12(16)9-10)19-7-1-4-18-5-2-17-3-6-18;3-1(4)2(5)6/h8-9,17H,1-7H2;(H,3,4)(H,5,6). The number of hydrogen-bond acceptors (Lipinski definition) is 5. The van der Waals surface area contributed by atoms with Crippen molar-refractivity contribution < 1.29 is 24.5 Å². The largest absolute Gasteiger partial charge is 0.490 e. The molecule has 140 valence electrons. The van der Waals surface area contributed by atoms with E-state index in [1.165, 1.54) is 0 Å². The Kier molecular flexibility index (Phi) is 9.92. The van der Waals surface area contributed by atoms with Crippen LogP contribution in [0.5, 0.6) is 5.75 Å². The van der Waals surface area contributed by atoms with Gasteiger partial charge in [0.05, 0.1) is 16.7 Å². The van der Waals surface area contributed by atoms with Gasteiger partial charge in [0.1, 0.15) is 0 Å². The van der Waals surface area contributed by atoms with Crippen LogP contribution in [-0.2, 0) is 9.59 Å². The van der Waals surface area contributed by atoms with Crippen LogP contribution in [0.3, 0.4) is 0 Å². The first-order valence-electron chi connectivity index (χ1n) is 7.48. The van der Waals surface area contributed by atoms with Gasteiger partial charge in [-0.15, -0.1) is 0 Å². The lowest BCUT2D eigenvalue weighted by atomic mass is 10.3. The van der Waals surface area contributed by atoms with Gasteiger partial charge < -0.3 is 25.2 Å². The molecule has 1 heterocycles. The summed E-state index contributed by atoms with van der Waals surface area (Å²) in [5.41, 5.74) is 0. The van der Waals surface area contributed by atoms with E-state index in [9.17, 15) is 0 Å². The number of nitrogens with one attached hydrogen (secondary N) is 1. The van der Waals surface area contributed by atoms with Crippen LogP contribution in [0.4, 0.5) is 0 Å². The third kappa shape index (κ3) is 8.60. The van der Waals surface area contributed by atoms with Crippen molar-refractivity contribution in [2.45, 2.75) is 6.42 Å². The zero-order chi connectivity index (χ0) is 18.8. The second-order valence-electron chi connectivity index (χ2n) is 5.10. The maximum absolute atomic E-state index is 9.10. The number of hydrogen-bond donors (Lipinski definition) is 3. The second-order valence-corrected chi connectivity index (χ2v) is 6.35. The number of aliphatic carboxylic acids is 2. The van der Waals surface area contributed by atoms with Gasteiger partial charge >= 0.3 is 11.9 Å². The van der Waals surface area contributed by atoms with Gasteiger partial charge in [0.15, 0.2) is 5.75 Å². The number of carboxylic acids is 2. The fourth-order valence-electron chi connectivity index (χ4n) is 2.06. The Balaban J connectivity index is 0.000000450. The van der Waals surface area contributed by atoms with Crippen molar-refractivity contribution in [2.24, 2.45) is 0 Å². The molecule has 3 N–H and O–H groups in total. The summed E-state index contributed by atoms with van der Waals surface area (Å²) in [7, 11) is 0. The van der Waals surface area contributed by atoms with Crippen molar-refractivity contribution in [3.63, 3.8) is 0 Å². The molecular weight excluding hydrogens is 395 g/mol. The van der Waals surface area contributed by atoms with Crippen molar-refractivity contribution in [3.8, 4) is 5.75 Å². The van der Waals surface area contributed by atoms with Crippen LogP contribution in [-0.4, -0.2) is 66.4 Å².